The second kappa shape index (κ2) is 8.60. The van der Waals surface area contributed by atoms with Crippen LogP contribution < -0.4 is 10.1 Å². The van der Waals surface area contributed by atoms with Gasteiger partial charge in [-0.1, -0.05) is 15.9 Å². The lowest BCUT2D eigenvalue weighted by atomic mass is 10.1. The van der Waals surface area contributed by atoms with E-state index < -0.39 is 5.82 Å². The van der Waals surface area contributed by atoms with E-state index in [9.17, 15) is 14.0 Å². The number of carbonyl (C=O) groups is 2. The van der Waals surface area contributed by atoms with Gasteiger partial charge < -0.3 is 10.1 Å². The Morgan fingerprint density at radius 3 is 2.07 bits per heavy atom. The molecule has 0 atom stereocenters. The fourth-order valence-electron chi connectivity index (χ4n) is 2.31. The number of anilines is 1. The predicted molar refractivity (Wildman–Crippen MR) is 105 cm³/mol. The summed E-state index contributed by atoms with van der Waals surface area (Å²) in [4.78, 5) is 24.2. The van der Waals surface area contributed by atoms with Crippen LogP contribution in [0.15, 0.2) is 77.3 Å². The van der Waals surface area contributed by atoms with E-state index in [-0.39, 0.29) is 18.3 Å². The normalized spacial score (nSPS) is 10.3. The molecular formula is C21H15BrFNO3. The Balaban J connectivity index is 1.55. The van der Waals surface area contributed by atoms with Crippen LogP contribution in [-0.2, 0) is 0 Å². The van der Waals surface area contributed by atoms with Gasteiger partial charge in [-0.2, -0.15) is 0 Å². The molecule has 0 saturated heterocycles. The van der Waals surface area contributed by atoms with Gasteiger partial charge in [-0.3, -0.25) is 9.59 Å². The Morgan fingerprint density at radius 2 is 1.44 bits per heavy atom. The van der Waals surface area contributed by atoms with Crippen LogP contribution in [0, 0.1) is 5.82 Å². The molecule has 0 aliphatic carbocycles. The number of hydrogen-bond acceptors (Lipinski definition) is 3. The van der Waals surface area contributed by atoms with Crippen molar-refractivity contribution in [3.63, 3.8) is 0 Å². The zero-order valence-electron chi connectivity index (χ0n) is 14.1. The van der Waals surface area contributed by atoms with E-state index in [1.54, 1.807) is 48.5 Å². The lowest BCUT2D eigenvalue weighted by Crippen LogP contribution is -2.12. The summed E-state index contributed by atoms with van der Waals surface area (Å²) in [6, 6.07) is 19.0. The number of ketones is 1. The Kier molecular flexibility index (Phi) is 5.98. The van der Waals surface area contributed by atoms with Crippen LogP contribution in [0.25, 0.3) is 0 Å². The Hall–Kier alpha value is -2.99. The van der Waals surface area contributed by atoms with Crippen molar-refractivity contribution >= 4 is 33.3 Å². The number of Topliss-reactive ketones (excluding diaryl/α,β-unsaturated/α-hetero) is 1. The molecular weight excluding hydrogens is 413 g/mol. The summed E-state index contributed by atoms with van der Waals surface area (Å²) in [5, 5.41) is 2.79. The van der Waals surface area contributed by atoms with Gasteiger partial charge in [0.05, 0.1) is 0 Å². The molecule has 0 radical (unpaired) electrons. The number of ether oxygens (including phenoxy) is 1. The largest absolute Gasteiger partial charge is 0.485 e. The smallest absolute Gasteiger partial charge is 0.255 e. The van der Waals surface area contributed by atoms with Gasteiger partial charge >= 0.3 is 0 Å². The average molecular weight is 428 g/mol. The van der Waals surface area contributed by atoms with Gasteiger partial charge in [-0.15, -0.1) is 0 Å². The summed E-state index contributed by atoms with van der Waals surface area (Å²) in [5.41, 5.74) is 1.54. The molecule has 6 heteroatoms. The van der Waals surface area contributed by atoms with Crippen molar-refractivity contribution in [2.45, 2.75) is 0 Å². The Labute approximate surface area is 164 Å². The molecule has 4 nitrogen and oxygen atoms in total. The van der Waals surface area contributed by atoms with Crippen LogP contribution in [0.1, 0.15) is 20.7 Å². The SMILES string of the molecule is O=C(COc1ccc(NC(=O)c2ccc(Br)cc2)cc1)c1ccc(F)cc1. The average Bonchev–Trinajstić information content (AvgIpc) is 2.68. The van der Waals surface area contributed by atoms with E-state index in [1.807, 2.05) is 0 Å². The first-order chi connectivity index (χ1) is 13.0. The topological polar surface area (TPSA) is 55.4 Å². The molecule has 3 aromatic carbocycles. The van der Waals surface area contributed by atoms with Crippen LogP contribution in [-0.4, -0.2) is 18.3 Å². The van der Waals surface area contributed by atoms with Gasteiger partial charge in [0.15, 0.2) is 12.4 Å². The second-order valence-electron chi connectivity index (χ2n) is 5.70. The molecule has 0 aromatic heterocycles. The van der Waals surface area contributed by atoms with Crippen LogP contribution in [0.2, 0.25) is 0 Å². The van der Waals surface area contributed by atoms with Gasteiger partial charge in [0.25, 0.3) is 5.91 Å². The van der Waals surface area contributed by atoms with Gasteiger partial charge in [0.1, 0.15) is 11.6 Å². The van der Waals surface area contributed by atoms with E-state index >= 15 is 0 Å². The molecule has 27 heavy (non-hydrogen) atoms. The molecule has 0 spiro atoms. The summed E-state index contributed by atoms with van der Waals surface area (Å²) < 4.78 is 19.2. The van der Waals surface area contributed by atoms with E-state index in [1.165, 1.54) is 24.3 Å². The molecule has 0 saturated carbocycles. The number of carbonyl (C=O) groups excluding carboxylic acids is 2. The molecule has 3 rings (SSSR count). The minimum Gasteiger partial charge on any atom is -0.485 e. The van der Waals surface area contributed by atoms with Gasteiger partial charge in [-0.25, -0.2) is 4.39 Å². The number of rotatable bonds is 6. The summed E-state index contributed by atoms with van der Waals surface area (Å²) in [6.07, 6.45) is 0. The van der Waals surface area contributed by atoms with Crippen molar-refractivity contribution in [1.29, 1.82) is 0 Å². The number of amides is 1. The molecule has 136 valence electrons. The molecule has 3 aromatic rings. The highest BCUT2D eigenvalue weighted by atomic mass is 79.9. The zero-order valence-corrected chi connectivity index (χ0v) is 15.7. The standard InChI is InChI=1S/C21H15BrFNO3/c22-16-5-1-15(2-6-16)21(26)24-18-9-11-19(12-10-18)27-13-20(25)14-3-7-17(23)8-4-14/h1-12H,13H2,(H,24,26). The molecule has 0 bridgehead atoms. The van der Waals surface area contributed by atoms with Crippen LogP contribution in [0.5, 0.6) is 5.75 Å². The van der Waals surface area contributed by atoms with Crippen molar-refractivity contribution in [1.82, 2.24) is 0 Å². The first kappa shape index (κ1) is 18.8. The monoisotopic (exact) mass is 427 g/mol. The second-order valence-corrected chi connectivity index (χ2v) is 6.62. The Bertz CT molecular complexity index is 939. The summed E-state index contributed by atoms with van der Waals surface area (Å²) >= 11 is 3.33. The minimum absolute atomic E-state index is 0.157. The highest BCUT2D eigenvalue weighted by molar-refractivity contribution is 9.10. The lowest BCUT2D eigenvalue weighted by molar-refractivity contribution is 0.0921. The summed E-state index contributed by atoms with van der Waals surface area (Å²) in [6.45, 7) is -0.157. The highest BCUT2D eigenvalue weighted by Crippen LogP contribution is 2.18. The van der Waals surface area contributed by atoms with Gasteiger partial charge in [-0.05, 0) is 72.8 Å². The van der Waals surface area contributed by atoms with E-state index in [0.29, 0.717) is 22.6 Å². The lowest BCUT2D eigenvalue weighted by Gasteiger charge is -2.08. The maximum Gasteiger partial charge on any atom is 0.255 e. The maximum atomic E-state index is 12.9. The zero-order chi connectivity index (χ0) is 19.2. The van der Waals surface area contributed by atoms with Crippen LogP contribution in [0.4, 0.5) is 10.1 Å². The molecule has 0 unspecified atom stereocenters. The highest BCUT2D eigenvalue weighted by Gasteiger charge is 2.08. The Morgan fingerprint density at radius 1 is 0.852 bits per heavy atom. The maximum absolute atomic E-state index is 12.9. The van der Waals surface area contributed by atoms with E-state index in [2.05, 4.69) is 21.2 Å². The van der Waals surface area contributed by atoms with Crippen molar-refractivity contribution in [3.05, 3.63) is 94.2 Å². The van der Waals surface area contributed by atoms with Crippen LogP contribution in [0.3, 0.4) is 0 Å². The fraction of sp³-hybridized carbons (Fsp3) is 0.0476. The molecule has 0 fully saturated rings. The number of halogens is 2. The van der Waals surface area contributed by atoms with Gasteiger partial charge in [0, 0.05) is 21.3 Å². The van der Waals surface area contributed by atoms with Crippen molar-refractivity contribution in [2.75, 3.05) is 11.9 Å². The quantitative estimate of drug-likeness (QED) is 0.556. The first-order valence-electron chi connectivity index (χ1n) is 8.10. The fourth-order valence-corrected chi connectivity index (χ4v) is 2.57. The number of hydrogen-bond donors (Lipinski definition) is 1. The van der Waals surface area contributed by atoms with E-state index in [4.69, 9.17) is 4.74 Å². The third kappa shape index (κ3) is 5.24. The summed E-state index contributed by atoms with van der Waals surface area (Å²) in [5.74, 6) is -0.370. The molecule has 0 aliphatic heterocycles. The molecule has 0 heterocycles. The van der Waals surface area contributed by atoms with Crippen molar-refractivity contribution < 1.29 is 18.7 Å². The van der Waals surface area contributed by atoms with Crippen LogP contribution >= 0.6 is 15.9 Å². The van der Waals surface area contributed by atoms with Crippen molar-refractivity contribution in [2.24, 2.45) is 0 Å². The molecule has 1 N–H and O–H groups in total. The first-order valence-corrected chi connectivity index (χ1v) is 8.89. The number of benzene rings is 3. The van der Waals surface area contributed by atoms with Gasteiger partial charge in [0.2, 0.25) is 0 Å². The predicted octanol–water partition coefficient (Wildman–Crippen LogP) is 5.10. The molecule has 1 amide bonds. The number of nitrogens with one attached hydrogen (secondary N) is 1. The van der Waals surface area contributed by atoms with Crippen molar-refractivity contribution in [3.8, 4) is 5.75 Å². The minimum atomic E-state index is -0.395. The third-order valence-corrected chi connectivity index (χ3v) is 4.28. The summed E-state index contributed by atoms with van der Waals surface area (Å²) in [7, 11) is 0. The molecule has 0 aliphatic rings. The van der Waals surface area contributed by atoms with E-state index in [0.717, 1.165) is 4.47 Å². The third-order valence-electron chi connectivity index (χ3n) is 3.75.